The third-order valence-electron chi connectivity index (χ3n) is 2.32. The SMILES string of the molecule is N#CCC[n+]1ccc(-c2cccnn2)cn1.O=C([O-])C(F)(F)F. The summed E-state index contributed by atoms with van der Waals surface area (Å²) in [5, 5.41) is 29.2. The predicted molar refractivity (Wildman–Crippen MR) is 66.8 cm³/mol. The number of carbonyl (C=O) groups is 1. The van der Waals surface area contributed by atoms with Crippen molar-refractivity contribution in [3.05, 3.63) is 36.8 Å². The Morgan fingerprint density at radius 3 is 2.52 bits per heavy atom. The summed E-state index contributed by atoms with van der Waals surface area (Å²) in [5.74, 6) is -3.01. The van der Waals surface area contributed by atoms with Crippen molar-refractivity contribution in [1.29, 1.82) is 5.26 Å². The van der Waals surface area contributed by atoms with Gasteiger partial charge in [-0.25, -0.2) is 0 Å². The van der Waals surface area contributed by atoms with E-state index in [4.69, 9.17) is 15.2 Å². The first kappa shape index (κ1) is 18.0. The fraction of sp³-hybridized carbons (Fsp3) is 0.231. The number of carboxylic acid groups (broad SMARTS) is 1. The molecule has 7 nitrogen and oxygen atoms in total. The van der Waals surface area contributed by atoms with E-state index in [-0.39, 0.29) is 0 Å². The number of carboxylic acids is 1. The summed E-state index contributed by atoms with van der Waals surface area (Å²) >= 11 is 0. The van der Waals surface area contributed by atoms with Crippen molar-refractivity contribution < 1.29 is 27.8 Å². The molecular formula is C13H10F3N5O2. The fourth-order valence-electron chi connectivity index (χ4n) is 1.29. The molecule has 0 fully saturated rings. The molecule has 0 atom stereocenters. The number of nitrogens with zero attached hydrogens (tertiary/aromatic N) is 5. The highest BCUT2D eigenvalue weighted by Crippen LogP contribution is 2.12. The number of aryl methyl sites for hydroxylation is 1. The van der Waals surface area contributed by atoms with E-state index in [1.54, 1.807) is 17.1 Å². The van der Waals surface area contributed by atoms with Crippen LogP contribution in [0.5, 0.6) is 0 Å². The van der Waals surface area contributed by atoms with E-state index in [0.717, 1.165) is 11.3 Å². The standard InChI is InChI=1S/C11H10N5.C2HF3O2/c12-5-2-7-16-8-4-10(9-14-16)11-3-1-6-13-15-11;3-2(4,5)1(6)7/h1,3-4,6,8-9H,2,7H2;(H,6,7)/q+1;/p-1. The minimum Gasteiger partial charge on any atom is -0.542 e. The molecule has 0 radical (unpaired) electrons. The molecule has 2 rings (SSSR count). The van der Waals surface area contributed by atoms with E-state index in [1.807, 2.05) is 24.4 Å². The molecule has 0 aliphatic heterocycles. The van der Waals surface area contributed by atoms with Crippen molar-refractivity contribution in [2.75, 3.05) is 0 Å². The Hall–Kier alpha value is -3.09. The van der Waals surface area contributed by atoms with Gasteiger partial charge in [0.15, 0.2) is 12.7 Å². The molecule has 10 heteroatoms. The van der Waals surface area contributed by atoms with E-state index >= 15 is 0 Å². The minimum atomic E-state index is -5.19. The molecule has 0 bridgehead atoms. The molecule has 2 aromatic rings. The van der Waals surface area contributed by atoms with E-state index in [2.05, 4.69) is 21.4 Å². The molecule has 0 aromatic carbocycles. The molecule has 23 heavy (non-hydrogen) atoms. The van der Waals surface area contributed by atoms with Crippen molar-refractivity contribution in [2.45, 2.75) is 19.1 Å². The Labute approximate surface area is 128 Å². The van der Waals surface area contributed by atoms with Crippen molar-refractivity contribution in [3.8, 4) is 17.3 Å². The number of hydrogen-bond donors (Lipinski definition) is 0. The molecule has 0 unspecified atom stereocenters. The topological polar surface area (TPSA) is 106 Å². The highest BCUT2D eigenvalue weighted by molar-refractivity contribution is 5.70. The van der Waals surface area contributed by atoms with Gasteiger partial charge in [0, 0.05) is 17.8 Å². The average molecular weight is 325 g/mol. The lowest BCUT2D eigenvalue weighted by Gasteiger charge is -2.03. The third-order valence-corrected chi connectivity index (χ3v) is 2.32. The smallest absolute Gasteiger partial charge is 0.430 e. The van der Waals surface area contributed by atoms with Crippen LogP contribution in [0, 0.1) is 11.3 Å². The van der Waals surface area contributed by atoms with Crippen molar-refractivity contribution in [2.24, 2.45) is 0 Å². The maximum Gasteiger partial charge on any atom is 0.430 e. The Morgan fingerprint density at radius 2 is 2.09 bits per heavy atom. The Morgan fingerprint density at radius 1 is 1.39 bits per heavy atom. The van der Waals surface area contributed by atoms with Crippen LogP contribution in [0.4, 0.5) is 13.2 Å². The molecule has 0 spiro atoms. The number of aliphatic carboxylic acids is 1. The largest absolute Gasteiger partial charge is 0.542 e. The van der Waals surface area contributed by atoms with Crippen LogP contribution < -0.4 is 9.79 Å². The van der Waals surface area contributed by atoms with E-state index < -0.39 is 12.1 Å². The van der Waals surface area contributed by atoms with Gasteiger partial charge in [-0.3, -0.25) is 0 Å². The van der Waals surface area contributed by atoms with E-state index in [0.29, 0.717) is 13.0 Å². The van der Waals surface area contributed by atoms with Gasteiger partial charge in [0.1, 0.15) is 12.2 Å². The molecule has 0 amide bonds. The van der Waals surface area contributed by atoms with Crippen LogP contribution in [0.3, 0.4) is 0 Å². The monoisotopic (exact) mass is 325 g/mol. The predicted octanol–water partition coefficient (Wildman–Crippen LogP) is 0.0384. The number of nitriles is 1. The van der Waals surface area contributed by atoms with Crippen molar-refractivity contribution in [3.63, 3.8) is 0 Å². The van der Waals surface area contributed by atoms with Gasteiger partial charge in [-0.15, -0.1) is 0 Å². The molecule has 0 aliphatic carbocycles. The van der Waals surface area contributed by atoms with Gasteiger partial charge in [-0.1, -0.05) is 4.68 Å². The molecule has 0 saturated carbocycles. The van der Waals surface area contributed by atoms with Gasteiger partial charge < -0.3 is 9.90 Å². The second-order valence-electron chi connectivity index (χ2n) is 3.98. The summed E-state index contributed by atoms with van der Waals surface area (Å²) < 4.78 is 33.3. The quantitative estimate of drug-likeness (QED) is 0.738. The lowest BCUT2D eigenvalue weighted by Crippen LogP contribution is -2.37. The van der Waals surface area contributed by atoms with Gasteiger partial charge in [0.05, 0.1) is 18.2 Å². The molecule has 2 aromatic heterocycles. The lowest BCUT2D eigenvalue weighted by molar-refractivity contribution is -0.752. The van der Waals surface area contributed by atoms with Crippen LogP contribution in [0.2, 0.25) is 0 Å². The van der Waals surface area contributed by atoms with Crippen LogP contribution in [-0.2, 0) is 11.3 Å². The maximum atomic E-state index is 10.5. The van der Waals surface area contributed by atoms with Gasteiger partial charge in [0.2, 0.25) is 0 Å². The van der Waals surface area contributed by atoms with Gasteiger partial charge in [-0.2, -0.15) is 28.6 Å². The van der Waals surface area contributed by atoms with Crippen LogP contribution in [0.1, 0.15) is 6.42 Å². The van der Waals surface area contributed by atoms with Crippen LogP contribution in [-0.4, -0.2) is 27.4 Å². The summed E-state index contributed by atoms with van der Waals surface area (Å²) in [5.41, 5.74) is 1.71. The number of rotatable bonds is 3. The minimum absolute atomic E-state index is 0.460. The first-order chi connectivity index (χ1) is 10.8. The first-order valence-corrected chi connectivity index (χ1v) is 6.13. The van der Waals surface area contributed by atoms with Crippen molar-refractivity contribution >= 4 is 5.97 Å². The van der Waals surface area contributed by atoms with Crippen molar-refractivity contribution in [1.82, 2.24) is 15.3 Å². The zero-order valence-electron chi connectivity index (χ0n) is 11.6. The number of carbonyl (C=O) groups excluding carboxylic acids is 1. The summed E-state index contributed by atoms with van der Waals surface area (Å²) in [6.45, 7) is 0.608. The Kier molecular flexibility index (Phi) is 6.54. The summed E-state index contributed by atoms with van der Waals surface area (Å²) in [6.07, 6.45) is 0.456. The first-order valence-electron chi connectivity index (χ1n) is 6.13. The number of hydrogen-bond acceptors (Lipinski definition) is 6. The molecular weight excluding hydrogens is 315 g/mol. The second kappa shape index (κ2) is 8.38. The number of aromatic nitrogens is 4. The maximum absolute atomic E-state index is 10.5. The zero-order valence-corrected chi connectivity index (χ0v) is 11.6. The summed E-state index contributed by atoms with van der Waals surface area (Å²) in [6, 6.07) is 7.70. The zero-order chi connectivity index (χ0) is 17.3. The van der Waals surface area contributed by atoms with E-state index in [1.165, 1.54) is 0 Å². The fourth-order valence-corrected chi connectivity index (χ4v) is 1.29. The average Bonchev–Trinajstić information content (AvgIpc) is 2.54. The highest BCUT2D eigenvalue weighted by Gasteiger charge is 2.28. The normalized spacial score (nSPS) is 10.2. The number of alkyl halides is 3. The molecule has 2 heterocycles. The van der Waals surface area contributed by atoms with Crippen LogP contribution >= 0.6 is 0 Å². The third kappa shape index (κ3) is 6.47. The number of halogens is 3. The van der Waals surface area contributed by atoms with Gasteiger partial charge in [0.25, 0.3) is 0 Å². The Bertz CT molecular complexity index is 669. The van der Waals surface area contributed by atoms with Gasteiger partial charge >= 0.3 is 6.18 Å². The summed E-state index contributed by atoms with van der Waals surface area (Å²) in [7, 11) is 0. The van der Waals surface area contributed by atoms with Crippen LogP contribution in [0.15, 0.2) is 36.8 Å². The van der Waals surface area contributed by atoms with E-state index in [9.17, 15) is 13.2 Å². The Balaban J connectivity index is 0.000000322. The summed E-state index contributed by atoms with van der Waals surface area (Å²) in [4.78, 5) is 8.78. The molecule has 0 N–H and O–H groups in total. The highest BCUT2D eigenvalue weighted by atomic mass is 19.4. The van der Waals surface area contributed by atoms with Crippen LogP contribution in [0.25, 0.3) is 11.3 Å². The van der Waals surface area contributed by atoms with Gasteiger partial charge in [-0.05, 0) is 17.2 Å². The second-order valence-corrected chi connectivity index (χ2v) is 3.98. The molecule has 0 saturated heterocycles. The lowest BCUT2D eigenvalue weighted by atomic mass is 10.2. The molecule has 0 aliphatic rings. The molecule has 120 valence electrons.